The van der Waals surface area contributed by atoms with Crippen molar-refractivity contribution in [3.63, 3.8) is 0 Å². The lowest BCUT2D eigenvalue weighted by atomic mass is 9.92. The molecule has 0 atom stereocenters. The highest BCUT2D eigenvalue weighted by atomic mass is 15.2. The molecule has 0 N–H and O–H groups in total. The highest BCUT2D eigenvalue weighted by Gasteiger charge is 2.22. The van der Waals surface area contributed by atoms with Gasteiger partial charge in [0.2, 0.25) is 0 Å². The lowest BCUT2D eigenvalue weighted by Gasteiger charge is -2.31. The normalized spacial score (nSPS) is 11.1. The van der Waals surface area contributed by atoms with Gasteiger partial charge in [0.05, 0.1) is 0 Å². The summed E-state index contributed by atoms with van der Waals surface area (Å²) in [5.41, 5.74) is 18.0. The molecule has 0 unspecified atom stereocenters. The van der Waals surface area contributed by atoms with Gasteiger partial charge in [-0.25, -0.2) is 0 Å². The van der Waals surface area contributed by atoms with Crippen LogP contribution in [-0.2, 0) is 0 Å². The van der Waals surface area contributed by atoms with Gasteiger partial charge in [0, 0.05) is 34.1 Å². The minimum atomic E-state index is 1.04. The Labute approximate surface area is 410 Å². The molecule has 2 heteroatoms. The van der Waals surface area contributed by atoms with E-state index in [9.17, 15) is 0 Å². The highest BCUT2D eigenvalue weighted by Crippen LogP contribution is 2.46. The zero-order valence-electron chi connectivity index (χ0n) is 38.6. The first-order chi connectivity index (χ1) is 34.7. The Kier molecular flexibility index (Phi) is 11.3. The molecule has 12 rings (SSSR count). The maximum absolute atomic E-state index is 2.42. The zero-order chi connectivity index (χ0) is 46.6. The number of benzene rings is 12. The van der Waals surface area contributed by atoms with E-state index in [0.717, 1.165) is 45.3 Å². The lowest BCUT2D eigenvalue weighted by Crippen LogP contribution is -2.14. The SMILES string of the molecule is c1ccc(-c2ccc(N(c3ccc(-c4ccccc4)cc3)c3cc(-c4cc5ccccc5c5ccccc45)cc(N(c4ccc(-c5ccccc5)cc4)c4cccc(-c5ccccc5)c4)c3)cc2)cc1. The summed E-state index contributed by atoms with van der Waals surface area (Å²) >= 11 is 0. The molecule has 0 saturated carbocycles. The standard InChI is InChI=1S/C68H48N2/c1-5-18-49(19-6-1)53-32-38-59(39-33-53)69(60-40-34-54(35-41-60)50-20-7-2-8-21-50)63-45-58(68-47-57-26-13-14-29-65(57)66-30-15-16-31-67(66)68)46-64(48-63)70(61-42-36-55(37-43-61)51-22-9-3-10-23-51)62-28-17-27-56(44-62)52-24-11-4-12-25-52/h1-48H. The van der Waals surface area contributed by atoms with Gasteiger partial charge in [0.25, 0.3) is 0 Å². The van der Waals surface area contributed by atoms with Crippen molar-refractivity contribution in [2.24, 2.45) is 0 Å². The smallest absolute Gasteiger partial charge is 0.0488 e. The van der Waals surface area contributed by atoms with E-state index in [0.29, 0.717) is 0 Å². The minimum absolute atomic E-state index is 1.04. The molecule has 0 amide bonds. The second-order valence-electron chi connectivity index (χ2n) is 17.8. The van der Waals surface area contributed by atoms with Crippen LogP contribution in [-0.4, -0.2) is 0 Å². The van der Waals surface area contributed by atoms with E-state index in [1.165, 1.54) is 66.1 Å². The molecule has 0 aliphatic rings. The van der Waals surface area contributed by atoms with E-state index in [1.54, 1.807) is 0 Å². The Morgan fingerprint density at radius 3 is 0.986 bits per heavy atom. The molecule has 0 aliphatic carbocycles. The van der Waals surface area contributed by atoms with Gasteiger partial charge in [-0.2, -0.15) is 0 Å². The first-order valence-electron chi connectivity index (χ1n) is 24.0. The molecule has 0 bridgehead atoms. The predicted octanol–water partition coefficient (Wildman–Crippen LogP) is 19.3. The summed E-state index contributed by atoms with van der Waals surface area (Å²) in [6.45, 7) is 0. The molecule has 2 nitrogen and oxygen atoms in total. The fraction of sp³-hybridized carbons (Fsp3) is 0. The van der Waals surface area contributed by atoms with Crippen LogP contribution in [0.15, 0.2) is 291 Å². The van der Waals surface area contributed by atoms with Crippen molar-refractivity contribution < 1.29 is 0 Å². The van der Waals surface area contributed by atoms with Crippen LogP contribution in [0.4, 0.5) is 34.1 Å². The number of hydrogen-bond acceptors (Lipinski definition) is 2. The van der Waals surface area contributed by atoms with Crippen LogP contribution in [0.3, 0.4) is 0 Å². The van der Waals surface area contributed by atoms with Crippen LogP contribution in [0, 0.1) is 0 Å². The van der Waals surface area contributed by atoms with E-state index < -0.39 is 0 Å². The molecule has 0 heterocycles. The quantitative estimate of drug-likeness (QED) is 0.119. The zero-order valence-corrected chi connectivity index (χ0v) is 38.6. The second-order valence-corrected chi connectivity index (χ2v) is 17.8. The molecule has 330 valence electrons. The molecular formula is C68H48N2. The van der Waals surface area contributed by atoms with Crippen LogP contribution in [0.5, 0.6) is 0 Å². The van der Waals surface area contributed by atoms with Crippen molar-refractivity contribution in [1.82, 2.24) is 0 Å². The highest BCUT2D eigenvalue weighted by molar-refractivity contribution is 6.14. The first-order valence-corrected chi connectivity index (χ1v) is 24.0. The van der Waals surface area contributed by atoms with Crippen molar-refractivity contribution in [3.8, 4) is 55.6 Å². The first kappa shape index (κ1) is 42.1. The van der Waals surface area contributed by atoms with Crippen molar-refractivity contribution in [1.29, 1.82) is 0 Å². The summed E-state index contributed by atoms with van der Waals surface area (Å²) in [5, 5.41) is 4.89. The molecule has 70 heavy (non-hydrogen) atoms. The Bertz CT molecular complexity index is 3640. The van der Waals surface area contributed by atoms with Gasteiger partial charge < -0.3 is 9.80 Å². The largest absolute Gasteiger partial charge is 0.310 e. The predicted molar refractivity (Wildman–Crippen MR) is 298 cm³/mol. The van der Waals surface area contributed by atoms with Crippen LogP contribution < -0.4 is 9.80 Å². The number of hydrogen-bond donors (Lipinski definition) is 0. The topological polar surface area (TPSA) is 6.48 Å². The number of nitrogens with zero attached hydrogens (tertiary/aromatic N) is 2. The van der Waals surface area contributed by atoms with Crippen molar-refractivity contribution >= 4 is 55.7 Å². The van der Waals surface area contributed by atoms with E-state index in [-0.39, 0.29) is 0 Å². The van der Waals surface area contributed by atoms with Crippen LogP contribution in [0.1, 0.15) is 0 Å². The van der Waals surface area contributed by atoms with Crippen LogP contribution >= 0.6 is 0 Å². The van der Waals surface area contributed by atoms with E-state index in [4.69, 9.17) is 0 Å². The molecule has 0 radical (unpaired) electrons. The molecule has 0 spiro atoms. The Morgan fingerprint density at radius 2 is 0.514 bits per heavy atom. The summed E-state index contributed by atoms with van der Waals surface area (Å²) in [6, 6.07) is 106. The minimum Gasteiger partial charge on any atom is -0.310 e. The van der Waals surface area contributed by atoms with E-state index in [2.05, 4.69) is 301 Å². The molecule has 0 aliphatic heterocycles. The van der Waals surface area contributed by atoms with Crippen LogP contribution in [0.2, 0.25) is 0 Å². The van der Waals surface area contributed by atoms with Gasteiger partial charge in [-0.1, -0.05) is 218 Å². The molecule has 0 saturated heterocycles. The summed E-state index contributed by atoms with van der Waals surface area (Å²) in [6.07, 6.45) is 0. The average molecular weight is 893 g/mol. The van der Waals surface area contributed by atoms with Crippen molar-refractivity contribution in [2.45, 2.75) is 0 Å². The molecular weight excluding hydrogens is 845 g/mol. The number of fused-ring (bicyclic) bond motifs is 3. The van der Waals surface area contributed by atoms with Crippen molar-refractivity contribution in [2.75, 3.05) is 9.80 Å². The third-order valence-electron chi connectivity index (χ3n) is 13.4. The monoisotopic (exact) mass is 892 g/mol. The third-order valence-corrected chi connectivity index (χ3v) is 13.4. The summed E-state index contributed by atoms with van der Waals surface area (Å²) in [7, 11) is 0. The Balaban J connectivity index is 1.11. The van der Waals surface area contributed by atoms with Gasteiger partial charge in [-0.3, -0.25) is 0 Å². The fourth-order valence-electron chi connectivity index (χ4n) is 9.95. The number of anilines is 6. The maximum atomic E-state index is 2.42. The Hall–Kier alpha value is -9.24. The lowest BCUT2D eigenvalue weighted by molar-refractivity contribution is 1.25. The van der Waals surface area contributed by atoms with Crippen LogP contribution in [0.25, 0.3) is 77.2 Å². The maximum Gasteiger partial charge on any atom is 0.0488 e. The van der Waals surface area contributed by atoms with Gasteiger partial charge >= 0.3 is 0 Å². The molecule has 12 aromatic rings. The van der Waals surface area contributed by atoms with Gasteiger partial charge in [0.15, 0.2) is 0 Å². The third kappa shape index (κ3) is 8.40. The summed E-state index contributed by atoms with van der Waals surface area (Å²) in [5.74, 6) is 0. The fourth-order valence-corrected chi connectivity index (χ4v) is 9.95. The number of rotatable bonds is 11. The molecule has 12 aromatic carbocycles. The van der Waals surface area contributed by atoms with Gasteiger partial charge in [-0.15, -0.1) is 0 Å². The summed E-state index contributed by atoms with van der Waals surface area (Å²) in [4.78, 5) is 4.84. The Morgan fingerprint density at radius 1 is 0.171 bits per heavy atom. The average Bonchev–Trinajstić information content (AvgIpc) is 3.44. The van der Waals surface area contributed by atoms with Gasteiger partial charge in [0.1, 0.15) is 0 Å². The van der Waals surface area contributed by atoms with E-state index >= 15 is 0 Å². The van der Waals surface area contributed by atoms with Crippen molar-refractivity contribution in [3.05, 3.63) is 291 Å². The molecule has 0 aromatic heterocycles. The summed E-state index contributed by atoms with van der Waals surface area (Å²) < 4.78 is 0. The second kappa shape index (κ2) is 18.8. The molecule has 0 fully saturated rings. The van der Waals surface area contributed by atoms with E-state index in [1.807, 2.05) is 0 Å². The van der Waals surface area contributed by atoms with Gasteiger partial charge in [-0.05, 0) is 150 Å².